The van der Waals surface area contributed by atoms with Crippen molar-refractivity contribution in [1.82, 2.24) is 9.97 Å². The third-order valence-electron chi connectivity index (χ3n) is 11.7. The molecule has 0 fully saturated rings. The molecule has 285 valence electrons. The average molecular weight is 892 g/mol. The summed E-state index contributed by atoms with van der Waals surface area (Å²) in [4.78, 5) is 21.8. The number of aliphatic hydroxyl groups is 1. The fraction of sp³-hybridized carbons (Fsp3) is 0.468. The third kappa shape index (κ3) is 8.55. The SMILES string of the molecule is CC(C)Cc1nccc2c1CCc1oc3c(-c4[c-]c5ccccc5c(C(C)(C)C)c4)nccc3c1-2.CCC(C)(CC)C(=O)/C=C(\O)C(C)(CC)CC.[Ir]. The van der Waals surface area contributed by atoms with E-state index in [-0.39, 0.29) is 47.9 Å². The number of allylic oxidation sites excluding steroid dienone is 2. The fourth-order valence-electron chi connectivity index (χ4n) is 7.25. The van der Waals surface area contributed by atoms with Crippen molar-refractivity contribution in [1.29, 1.82) is 0 Å². The first kappa shape index (κ1) is 42.1. The van der Waals surface area contributed by atoms with E-state index in [4.69, 9.17) is 14.4 Å². The maximum absolute atomic E-state index is 12.2. The summed E-state index contributed by atoms with van der Waals surface area (Å²) >= 11 is 0. The van der Waals surface area contributed by atoms with Crippen molar-refractivity contribution >= 4 is 27.5 Å². The monoisotopic (exact) mass is 892 g/mol. The number of nitrogens with zero attached hydrogens (tertiary/aromatic N) is 2. The van der Waals surface area contributed by atoms with Crippen LogP contribution in [0, 0.1) is 22.8 Å². The first-order valence-electron chi connectivity index (χ1n) is 19.4. The normalized spacial score (nSPS) is 13.3. The zero-order chi connectivity index (χ0) is 38.0. The molecule has 0 atom stereocenters. The fourth-order valence-corrected chi connectivity index (χ4v) is 7.25. The van der Waals surface area contributed by atoms with Crippen LogP contribution < -0.4 is 0 Å². The Labute approximate surface area is 331 Å². The van der Waals surface area contributed by atoms with Crippen molar-refractivity contribution in [3.05, 3.63) is 95.3 Å². The largest absolute Gasteiger partial charge is 0.512 e. The van der Waals surface area contributed by atoms with Gasteiger partial charge >= 0.3 is 0 Å². The first-order chi connectivity index (χ1) is 24.6. The maximum atomic E-state index is 12.2. The molecule has 0 unspecified atom stereocenters. The molecule has 1 aliphatic rings. The molecule has 0 amide bonds. The van der Waals surface area contributed by atoms with Gasteiger partial charge in [0, 0.05) is 78.2 Å². The number of carbonyl (C=O) groups excluding carboxylic acids is 1. The molecule has 3 aromatic heterocycles. The van der Waals surface area contributed by atoms with Gasteiger partial charge in [0.15, 0.2) is 5.78 Å². The number of carbonyl (C=O) groups is 1. The van der Waals surface area contributed by atoms with Gasteiger partial charge in [0.2, 0.25) is 0 Å². The van der Waals surface area contributed by atoms with Crippen LogP contribution in [0.5, 0.6) is 0 Å². The standard InChI is InChI=1S/C32H31N2O.C15H28O2.Ir/c1-19(2)16-27-23-10-11-28-29(24(23)12-14-33-27)25-13-15-34-30(31(25)35-28)21-17-20-8-6-7-9-22(20)26(18-21)32(3,4)5;1-7-14(5,8-2)12(16)11-13(17)15(6,9-3)10-4;/h6-9,12-15,18-19H,10-11,16H2,1-5H3;11,16H,7-10H2,1-6H3;/q-1;;/b;12-11-;. The van der Waals surface area contributed by atoms with E-state index in [0.717, 1.165) is 78.3 Å². The van der Waals surface area contributed by atoms with Crippen LogP contribution in [0.1, 0.15) is 124 Å². The Hall–Kier alpha value is -3.60. The van der Waals surface area contributed by atoms with Crippen LogP contribution in [0.2, 0.25) is 0 Å². The van der Waals surface area contributed by atoms with E-state index >= 15 is 0 Å². The van der Waals surface area contributed by atoms with Gasteiger partial charge in [0.1, 0.15) is 17.1 Å². The summed E-state index contributed by atoms with van der Waals surface area (Å²) in [6.45, 7) is 23.4. The van der Waals surface area contributed by atoms with E-state index in [1.165, 1.54) is 39.4 Å². The van der Waals surface area contributed by atoms with Crippen molar-refractivity contribution in [2.45, 2.75) is 127 Å². The third-order valence-corrected chi connectivity index (χ3v) is 11.7. The van der Waals surface area contributed by atoms with Crippen molar-refractivity contribution < 1.29 is 34.4 Å². The number of aliphatic hydroxyl groups excluding tert-OH is 1. The number of rotatable bonds is 10. The Bertz CT molecular complexity index is 2090. The Morgan fingerprint density at radius 1 is 0.887 bits per heavy atom. The molecule has 0 saturated carbocycles. The number of pyridine rings is 2. The van der Waals surface area contributed by atoms with Gasteiger partial charge in [-0.15, -0.1) is 29.1 Å². The minimum absolute atomic E-state index is 0. The molecule has 6 heteroatoms. The van der Waals surface area contributed by atoms with Crippen LogP contribution in [-0.2, 0) is 49.6 Å². The average Bonchev–Trinajstić information content (AvgIpc) is 3.53. The second-order valence-corrected chi connectivity index (χ2v) is 16.6. The summed E-state index contributed by atoms with van der Waals surface area (Å²) in [5.41, 5.74) is 8.50. The number of fused-ring (bicyclic) bond motifs is 6. The molecule has 0 spiro atoms. The molecule has 0 bridgehead atoms. The number of aromatic nitrogens is 2. The number of hydrogen-bond donors (Lipinski definition) is 1. The number of benzene rings is 2. The molecule has 1 aliphatic carbocycles. The predicted octanol–water partition coefficient (Wildman–Crippen LogP) is 12.8. The zero-order valence-corrected chi connectivity index (χ0v) is 36.2. The molecule has 53 heavy (non-hydrogen) atoms. The van der Waals surface area contributed by atoms with Gasteiger partial charge in [-0.05, 0) is 73.1 Å². The van der Waals surface area contributed by atoms with Crippen molar-refractivity contribution in [3.63, 3.8) is 0 Å². The van der Waals surface area contributed by atoms with E-state index in [2.05, 4.69) is 83.1 Å². The van der Waals surface area contributed by atoms with Crippen LogP contribution in [0.15, 0.2) is 71.1 Å². The summed E-state index contributed by atoms with van der Waals surface area (Å²) in [6, 6.07) is 18.7. The first-order valence-corrected chi connectivity index (χ1v) is 19.4. The van der Waals surface area contributed by atoms with Crippen LogP contribution in [-0.4, -0.2) is 20.9 Å². The molecule has 5 aromatic rings. The number of furan rings is 1. The molecule has 5 nitrogen and oxygen atoms in total. The molecule has 1 N–H and O–H groups in total. The summed E-state index contributed by atoms with van der Waals surface area (Å²) in [7, 11) is 0. The Kier molecular flexibility index (Phi) is 13.4. The van der Waals surface area contributed by atoms with Gasteiger partial charge in [-0.25, -0.2) is 0 Å². The maximum Gasteiger partial charge on any atom is 0.164 e. The predicted molar refractivity (Wildman–Crippen MR) is 217 cm³/mol. The van der Waals surface area contributed by atoms with Crippen molar-refractivity contribution in [2.75, 3.05) is 0 Å². The van der Waals surface area contributed by atoms with Crippen LogP contribution in [0.4, 0.5) is 0 Å². The quantitative estimate of drug-likeness (QED) is 0.0859. The van der Waals surface area contributed by atoms with Gasteiger partial charge in [0.05, 0.1) is 0 Å². The van der Waals surface area contributed by atoms with E-state index in [1.807, 2.05) is 53.9 Å². The van der Waals surface area contributed by atoms with Gasteiger partial charge in [-0.2, -0.15) is 0 Å². The summed E-state index contributed by atoms with van der Waals surface area (Å²) in [5, 5.41) is 13.6. The molecular formula is C47H59IrN2O3-. The Morgan fingerprint density at radius 3 is 2.15 bits per heavy atom. The minimum atomic E-state index is -0.337. The summed E-state index contributed by atoms with van der Waals surface area (Å²) in [5.74, 6) is 1.92. The molecule has 3 heterocycles. The van der Waals surface area contributed by atoms with Gasteiger partial charge in [-0.3, -0.25) is 14.8 Å². The number of hydrogen-bond acceptors (Lipinski definition) is 5. The molecular weight excluding hydrogens is 833 g/mol. The van der Waals surface area contributed by atoms with Crippen LogP contribution in [0.3, 0.4) is 0 Å². The second-order valence-electron chi connectivity index (χ2n) is 16.6. The van der Waals surface area contributed by atoms with Gasteiger partial charge in [-0.1, -0.05) is 105 Å². The Balaban J connectivity index is 0.000000299. The molecule has 0 aliphatic heterocycles. The van der Waals surface area contributed by atoms with E-state index in [0.29, 0.717) is 5.92 Å². The van der Waals surface area contributed by atoms with Gasteiger partial charge in [0.25, 0.3) is 0 Å². The number of aryl methyl sites for hydroxylation is 1. The summed E-state index contributed by atoms with van der Waals surface area (Å²) in [6.07, 6.45) is 11.5. The number of ketones is 1. The molecule has 0 saturated heterocycles. The topological polar surface area (TPSA) is 76.2 Å². The van der Waals surface area contributed by atoms with Gasteiger partial charge < -0.3 is 9.52 Å². The Morgan fingerprint density at radius 2 is 1.53 bits per heavy atom. The van der Waals surface area contributed by atoms with E-state index in [9.17, 15) is 9.90 Å². The van der Waals surface area contributed by atoms with Crippen molar-refractivity contribution in [2.24, 2.45) is 16.7 Å². The zero-order valence-electron chi connectivity index (χ0n) is 33.8. The molecule has 6 rings (SSSR count). The smallest absolute Gasteiger partial charge is 0.164 e. The summed E-state index contributed by atoms with van der Waals surface area (Å²) < 4.78 is 6.59. The minimum Gasteiger partial charge on any atom is -0.512 e. The molecule has 2 aromatic carbocycles. The molecule has 1 radical (unpaired) electrons. The van der Waals surface area contributed by atoms with Crippen molar-refractivity contribution in [3.8, 4) is 22.4 Å². The van der Waals surface area contributed by atoms with Crippen LogP contribution in [0.25, 0.3) is 44.1 Å². The van der Waals surface area contributed by atoms with E-state index < -0.39 is 0 Å². The second kappa shape index (κ2) is 16.8. The van der Waals surface area contributed by atoms with E-state index in [1.54, 1.807) is 0 Å². The van der Waals surface area contributed by atoms with Crippen LogP contribution >= 0.6 is 0 Å².